The van der Waals surface area contributed by atoms with E-state index >= 15 is 0 Å². The molecule has 0 aromatic rings. The molecule has 1 heteroatoms. The van der Waals surface area contributed by atoms with Gasteiger partial charge in [-0.25, -0.2) is 0 Å². The third kappa shape index (κ3) is 3.61. The van der Waals surface area contributed by atoms with Crippen molar-refractivity contribution < 1.29 is 0 Å². The second kappa shape index (κ2) is 5.16. The molecule has 84 valence electrons. The molecule has 14 heavy (non-hydrogen) atoms. The largest absolute Gasteiger partial charge is 0.314 e. The van der Waals surface area contributed by atoms with Crippen LogP contribution in [0.3, 0.4) is 0 Å². The van der Waals surface area contributed by atoms with Gasteiger partial charge in [0.2, 0.25) is 0 Å². The molecule has 1 unspecified atom stereocenters. The summed E-state index contributed by atoms with van der Waals surface area (Å²) in [6.07, 6.45) is 7.08. The Bertz CT molecular complexity index is 159. The number of hydrogen-bond acceptors (Lipinski definition) is 1. The lowest BCUT2D eigenvalue weighted by Crippen LogP contribution is -2.41. The fraction of sp³-hybridized carbons (Fsp3) is 1.00. The van der Waals surface area contributed by atoms with Crippen molar-refractivity contribution in [3.8, 4) is 0 Å². The van der Waals surface area contributed by atoms with Crippen molar-refractivity contribution in [2.75, 3.05) is 6.54 Å². The minimum atomic E-state index is 0.463. The van der Waals surface area contributed by atoms with E-state index in [4.69, 9.17) is 0 Å². The fourth-order valence-corrected chi connectivity index (χ4v) is 2.07. The third-order valence-corrected chi connectivity index (χ3v) is 3.87. The van der Waals surface area contributed by atoms with E-state index in [2.05, 4.69) is 33.0 Å². The predicted molar refractivity (Wildman–Crippen MR) is 63.5 cm³/mol. The van der Waals surface area contributed by atoms with Gasteiger partial charge in [-0.3, -0.25) is 0 Å². The topological polar surface area (TPSA) is 12.0 Å². The van der Waals surface area contributed by atoms with Crippen LogP contribution in [0.2, 0.25) is 0 Å². The van der Waals surface area contributed by atoms with Gasteiger partial charge in [-0.2, -0.15) is 0 Å². The molecule has 0 radical (unpaired) electrons. The molecule has 0 aromatic heterocycles. The zero-order valence-corrected chi connectivity index (χ0v) is 10.4. The summed E-state index contributed by atoms with van der Waals surface area (Å²) in [6, 6.07) is 0.720. The minimum Gasteiger partial charge on any atom is -0.314 e. The maximum Gasteiger partial charge on any atom is 0.0118 e. The molecule has 1 nitrogen and oxygen atoms in total. The van der Waals surface area contributed by atoms with Crippen LogP contribution in [0.25, 0.3) is 0 Å². The highest BCUT2D eigenvalue weighted by Crippen LogP contribution is 2.36. The summed E-state index contributed by atoms with van der Waals surface area (Å²) in [6.45, 7) is 10.4. The Morgan fingerprint density at radius 1 is 1.29 bits per heavy atom. The second-order valence-electron chi connectivity index (χ2n) is 5.47. The van der Waals surface area contributed by atoms with E-state index in [1.54, 1.807) is 0 Å². The normalized spacial score (nSPS) is 19.7. The quantitative estimate of drug-likeness (QED) is 0.657. The molecule has 1 N–H and O–H groups in total. The van der Waals surface area contributed by atoms with Gasteiger partial charge in [-0.15, -0.1) is 0 Å². The lowest BCUT2D eigenvalue weighted by atomic mass is 9.79. The lowest BCUT2D eigenvalue weighted by molar-refractivity contribution is 0.217. The van der Waals surface area contributed by atoms with Crippen molar-refractivity contribution in [2.45, 2.75) is 65.8 Å². The van der Waals surface area contributed by atoms with E-state index < -0.39 is 0 Å². The van der Waals surface area contributed by atoms with Gasteiger partial charge in [0.25, 0.3) is 0 Å². The maximum absolute atomic E-state index is 3.66. The van der Waals surface area contributed by atoms with E-state index in [-0.39, 0.29) is 0 Å². The van der Waals surface area contributed by atoms with E-state index in [0.717, 1.165) is 18.5 Å². The standard InChI is InChI=1S/C13H27N/c1-5-13(3,4)12(14-6-2)10-9-11-7-8-11/h11-12,14H,5-10H2,1-4H3. The number of hydrogen-bond donors (Lipinski definition) is 1. The Morgan fingerprint density at radius 3 is 2.36 bits per heavy atom. The summed E-state index contributed by atoms with van der Waals surface area (Å²) in [5, 5.41) is 3.66. The van der Waals surface area contributed by atoms with Crippen LogP contribution >= 0.6 is 0 Å². The molecule has 1 atom stereocenters. The first kappa shape index (κ1) is 12.0. The Morgan fingerprint density at radius 2 is 1.93 bits per heavy atom. The van der Waals surface area contributed by atoms with Gasteiger partial charge in [0.05, 0.1) is 0 Å². The molecule has 0 spiro atoms. The molecule has 1 fully saturated rings. The Labute approximate surface area is 89.7 Å². The molecule has 1 aliphatic rings. The Kier molecular flexibility index (Phi) is 4.43. The van der Waals surface area contributed by atoms with Crippen LogP contribution < -0.4 is 5.32 Å². The smallest absolute Gasteiger partial charge is 0.0118 e. The molecule has 0 aromatic carbocycles. The summed E-state index contributed by atoms with van der Waals surface area (Å²) < 4.78 is 0. The molecule has 1 rings (SSSR count). The molecule has 0 heterocycles. The van der Waals surface area contributed by atoms with Crippen LogP contribution in [0.5, 0.6) is 0 Å². The van der Waals surface area contributed by atoms with Crippen molar-refractivity contribution in [1.82, 2.24) is 5.32 Å². The lowest BCUT2D eigenvalue weighted by Gasteiger charge is -2.34. The van der Waals surface area contributed by atoms with Crippen LogP contribution in [0.1, 0.15) is 59.8 Å². The average Bonchev–Trinajstić information content (AvgIpc) is 2.95. The van der Waals surface area contributed by atoms with Crippen molar-refractivity contribution >= 4 is 0 Å². The monoisotopic (exact) mass is 197 g/mol. The first-order valence-electron chi connectivity index (χ1n) is 6.33. The molecule has 0 saturated heterocycles. The Balaban J connectivity index is 2.35. The predicted octanol–water partition coefficient (Wildman–Crippen LogP) is 3.59. The van der Waals surface area contributed by atoms with Crippen LogP contribution in [0, 0.1) is 11.3 Å². The molecule has 1 aliphatic carbocycles. The molecule has 0 amide bonds. The van der Waals surface area contributed by atoms with Gasteiger partial charge < -0.3 is 5.32 Å². The van der Waals surface area contributed by atoms with Crippen LogP contribution in [0.15, 0.2) is 0 Å². The van der Waals surface area contributed by atoms with Crippen molar-refractivity contribution in [2.24, 2.45) is 11.3 Å². The highest BCUT2D eigenvalue weighted by Gasteiger charge is 2.29. The van der Waals surface area contributed by atoms with Gasteiger partial charge in [0.1, 0.15) is 0 Å². The summed E-state index contributed by atoms with van der Waals surface area (Å²) in [5.74, 6) is 1.07. The van der Waals surface area contributed by atoms with Gasteiger partial charge in [0, 0.05) is 6.04 Å². The summed E-state index contributed by atoms with van der Waals surface area (Å²) in [4.78, 5) is 0. The summed E-state index contributed by atoms with van der Waals surface area (Å²) in [5.41, 5.74) is 0.463. The van der Waals surface area contributed by atoms with E-state index in [1.165, 1.54) is 32.1 Å². The van der Waals surface area contributed by atoms with Gasteiger partial charge in [-0.1, -0.05) is 40.5 Å². The summed E-state index contributed by atoms with van der Waals surface area (Å²) in [7, 11) is 0. The zero-order chi connectivity index (χ0) is 10.6. The molecule has 0 aliphatic heterocycles. The SMILES string of the molecule is CCNC(CCC1CC1)C(C)(C)CC. The highest BCUT2D eigenvalue weighted by molar-refractivity contribution is 4.85. The Hall–Kier alpha value is -0.0400. The molecular formula is C13H27N. The van der Waals surface area contributed by atoms with Crippen LogP contribution in [0.4, 0.5) is 0 Å². The minimum absolute atomic E-state index is 0.463. The highest BCUT2D eigenvalue weighted by atomic mass is 14.9. The number of rotatable bonds is 7. The van der Waals surface area contributed by atoms with Crippen molar-refractivity contribution in [1.29, 1.82) is 0 Å². The summed E-state index contributed by atoms with van der Waals surface area (Å²) >= 11 is 0. The molecule has 0 bridgehead atoms. The fourth-order valence-electron chi connectivity index (χ4n) is 2.07. The van der Waals surface area contributed by atoms with Crippen molar-refractivity contribution in [3.63, 3.8) is 0 Å². The molecular weight excluding hydrogens is 170 g/mol. The first-order chi connectivity index (χ1) is 6.60. The van der Waals surface area contributed by atoms with Gasteiger partial charge in [0.15, 0.2) is 0 Å². The maximum atomic E-state index is 3.66. The first-order valence-corrected chi connectivity index (χ1v) is 6.33. The van der Waals surface area contributed by atoms with Crippen molar-refractivity contribution in [3.05, 3.63) is 0 Å². The second-order valence-corrected chi connectivity index (χ2v) is 5.47. The van der Waals surface area contributed by atoms with E-state index in [1.807, 2.05) is 0 Å². The number of nitrogens with one attached hydrogen (secondary N) is 1. The zero-order valence-electron chi connectivity index (χ0n) is 10.4. The van der Waals surface area contributed by atoms with Gasteiger partial charge >= 0.3 is 0 Å². The third-order valence-electron chi connectivity index (χ3n) is 3.87. The van der Waals surface area contributed by atoms with E-state index in [9.17, 15) is 0 Å². The van der Waals surface area contributed by atoms with Gasteiger partial charge in [-0.05, 0) is 37.1 Å². The van der Waals surface area contributed by atoms with E-state index in [0.29, 0.717) is 5.41 Å². The van der Waals surface area contributed by atoms with Crippen LogP contribution in [-0.4, -0.2) is 12.6 Å². The average molecular weight is 197 g/mol. The molecule has 1 saturated carbocycles. The van der Waals surface area contributed by atoms with Crippen LogP contribution in [-0.2, 0) is 0 Å².